The van der Waals surface area contributed by atoms with Gasteiger partial charge >= 0.3 is 5.97 Å². The summed E-state index contributed by atoms with van der Waals surface area (Å²) < 4.78 is 7.46. The van der Waals surface area contributed by atoms with Crippen LogP contribution in [0.5, 0.6) is 11.5 Å². The van der Waals surface area contributed by atoms with Gasteiger partial charge in [0.25, 0.3) is 0 Å². The normalized spacial score (nSPS) is 10.4. The van der Waals surface area contributed by atoms with Crippen molar-refractivity contribution in [3.63, 3.8) is 0 Å². The molecule has 0 atom stereocenters. The smallest absolute Gasteiger partial charge is 0.335 e. The highest BCUT2D eigenvalue weighted by atomic mass is 79.9. The zero-order valence-electron chi connectivity index (χ0n) is 10.9. The maximum atomic E-state index is 11.0. The second-order valence-electron chi connectivity index (χ2n) is 4.45. The molecule has 20 heavy (non-hydrogen) atoms. The van der Waals surface area contributed by atoms with Gasteiger partial charge in [0.15, 0.2) is 0 Å². The molecule has 0 aromatic heterocycles. The highest BCUT2D eigenvalue weighted by Gasteiger charge is 2.09. The van der Waals surface area contributed by atoms with Crippen LogP contribution in [0, 0.1) is 13.8 Å². The van der Waals surface area contributed by atoms with Crippen molar-refractivity contribution in [2.45, 2.75) is 13.8 Å². The van der Waals surface area contributed by atoms with Crippen molar-refractivity contribution in [3.05, 3.63) is 56.0 Å². The molecule has 0 saturated heterocycles. The van der Waals surface area contributed by atoms with E-state index in [2.05, 4.69) is 31.9 Å². The fourth-order valence-electron chi connectivity index (χ4n) is 1.85. The van der Waals surface area contributed by atoms with E-state index in [1.165, 1.54) is 12.1 Å². The number of carboxylic acid groups (broad SMARTS) is 1. The van der Waals surface area contributed by atoms with Crippen LogP contribution in [0.3, 0.4) is 0 Å². The summed E-state index contributed by atoms with van der Waals surface area (Å²) >= 11 is 6.78. The van der Waals surface area contributed by atoms with Crippen LogP contribution in [0.15, 0.2) is 39.3 Å². The lowest BCUT2D eigenvalue weighted by atomic mass is 10.1. The van der Waals surface area contributed by atoms with Crippen LogP contribution in [0.1, 0.15) is 21.5 Å². The van der Waals surface area contributed by atoms with E-state index in [4.69, 9.17) is 9.84 Å². The molecule has 0 aliphatic rings. The molecule has 5 heteroatoms. The summed E-state index contributed by atoms with van der Waals surface area (Å²) in [6, 6.07) is 8.57. The maximum absolute atomic E-state index is 11.0. The lowest BCUT2D eigenvalue weighted by molar-refractivity contribution is 0.0696. The Morgan fingerprint density at radius 1 is 1.00 bits per heavy atom. The number of halogens is 2. The average molecular weight is 400 g/mol. The summed E-state index contributed by atoms with van der Waals surface area (Å²) in [5.41, 5.74) is 2.31. The minimum atomic E-state index is -0.987. The van der Waals surface area contributed by atoms with Crippen LogP contribution in [0.4, 0.5) is 0 Å². The molecule has 0 amide bonds. The molecular weight excluding hydrogens is 388 g/mol. The Morgan fingerprint density at radius 2 is 1.55 bits per heavy atom. The zero-order chi connectivity index (χ0) is 14.9. The van der Waals surface area contributed by atoms with Crippen LogP contribution in [-0.4, -0.2) is 11.1 Å². The number of carboxylic acids is 1. The quantitative estimate of drug-likeness (QED) is 0.759. The summed E-state index contributed by atoms with van der Waals surface area (Å²) in [5, 5.41) is 9.04. The van der Waals surface area contributed by atoms with Crippen molar-refractivity contribution in [1.82, 2.24) is 0 Å². The van der Waals surface area contributed by atoms with Gasteiger partial charge in [-0.25, -0.2) is 4.79 Å². The molecular formula is C15H12Br2O3. The van der Waals surface area contributed by atoms with Crippen LogP contribution in [0.2, 0.25) is 0 Å². The Hall–Kier alpha value is -1.33. The Balaban J connectivity index is 2.37. The van der Waals surface area contributed by atoms with E-state index in [0.717, 1.165) is 15.6 Å². The minimum absolute atomic E-state index is 0.180. The van der Waals surface area contributed by atoms with E-state index in [9.17, 15) is 4.79 Å². The lowest BCUT2D eigenvalue weighted by Crippen LogP contribution is -1.97. The number of hydrogen-bond acceptors (Lipinski definition) is 2. The third-order valence-corrected chi connectivity index (χ3v) is 4.47. The molecule has 104 valence electrons. The summed E-state index contributed by atoms with van der Waals surface area (Å²) in [6.45, 7) is 3.96. The van der Waals surface area contributed by atoms with E-state index in [0.29, 0.717) is 16.0 Å². The largest absolute Gasteiger partial charge is 0.478 e. The lowest BCUT2D eigenvalue weighted by Gasteiger charge is -2.10. The van der Waals surface area contributed by atoms with Crippen molar-refractivity contribution in [2.75, 3.05) is 0 Å². The van der Waals surface area contributed by atoms with Gasteiger partial charge in [-0.15, -0.1) is 0 Å². The van der Waals surface area contributed by atoms with Crippen LogP contribution in [0.25, 0.3) is 0 Å². The summed E-state index contributed by atoms with van der Waals surface area (Å²) in [4.78, 5) is 11.0. The summed E-state index contributed by atoms with van der Waals surface area (Å²) in [6.07, 6.45) is 0. The van der Waals surface area contributed by atoms with Gasteiger partial charge in [0, 0.05) is 8.95 Å². The molecule has 1 N–H and O–H groups in total. The van der Waals surface area contributed by atoms with Gasteiger partial charge in [-0.1, -0.05) is 31.9 Å². The predicted octanol–water partition coefficient (Wildman–Crippen LogP) is 5.32. The molecule has 0 radical (unpaired) electrons. The topological polar surface area (TPSA) is 46.5 Å². The van der Waals surface area contributed by atoms with Crippen LogP contribution < -0.4 is 4.74 Å². The Labute approximate surface area is 133 Å². The first-order valence-electron chi connectivity index (χ1n) is 5.85. The van der Waals surface area contributed by atoms with Gasteiger partial charge in [0.05, 0.1) is 5.56 Å². The van der Waals surface area contributed by atoms with E-state index >= 15 is 0 Å². The minimum Gasteiger partial charge on any atom is -0.478 e. The molecule has 3 nitrogen and oxygen atoms in total. The van der Waals surface area contributed by atoms with Crippen molar-refractivity contribution >= 4 is 37.8 Å². The molecule has 0 heterocycles. The second kappa shape index (κ2) is 5.97. The van der Waals surface area contributed by atoms with E-state index < -0.39 is 5.97 Å². The van der Waals surface area contributed by atoms with Crippen molar-refractivity contribution in [1.29, 1.82) is 0 Å². The van der Waals surface area contributed by atoms with Gasteiger partial charge in [-0.05, 0) is 55.3 Å². The molecule has 0 bridgehead atoms. The Morgan fingerprint density at radius 3 is 2.10 bits per heavy atom. The average Bonchev–Trinajstić information content (AvgIpc) is 2.35. The van der Waals surface area contributed by atoms with Gasteiger partial charge in [-0.2, -0.15) is 0 Å². The zero-order valence-corrected chi connectivity index (χ0v) is 14.1. The number of benzene rings is 2. The fraction of sp³-hybridized carbons (Fsp3) is 0.133. The van der Waals surface area contributed by atoms with Gasteiger partial charge in [0.2, 0.25) is 0 Å². The van der Waals surface area contributed by atoms with E-state index in [-0.39, 0.29) is 5.56 Å². The van der Waals surface area contributed by atoms with Crippen molar-refractivity contribution in [3.8, 4) is 11.5 Å². The van der Waals surface area contributed by atoms with Gasteiger partial charge < -0.3 is 9.84 Å². The first kappa shape index (κ1) is 15.1. The van der Waals surface area contributed by atoms with Crippen LogP contribution in [-0.2, 0) is 0 Å². The van der Waals surface area contributed by atoms with Crippen molar-refractivity contribution < 1.29 is 14.6 Å². The monoisotopic (exact) mass is 398 g/mol. The standard InChI is InChI=1S/C15H12Br2O3/c1-8-3-12(4-9(2)14(8)17)20-13-6-10(15(18)19)5-11(16)7-13/h3-7H,1-2H3,(H,18,19). The molecule has 2 rings (SSSR count). The first-order chi connectivity index (χ1) is 9.36. The molecule has 0 saturated carbocycles. The summed E-state index contributed by atoms with van der Waals surface area (Å²) in [5.74, 6) is 0.176. The number of hydrogen-bond donors (Lipinski definition) is 1. The molecule has 2 aromatic carbocycles. The van der Waals surface area contributed by atoms with Gasteiger partial charge in [-0.3, -0.25) is 0 Å². The first-order valence-corrected chi connectivity index (χ1v) is 7.44. The molecule has 2 aromatic rings. The third kappa shape index (κ3) is 3.41. The molecule has 0 aliphatic carbocycles. The molecule has 0 fully saturated rings. The highest BCUT2D eigenvalue weighted by Crippen LogP contribution is 2.31. The number of aryl methyl sites for hydroxylation is 2. The number of aromatic carboxylic acids is 1. The number of ether oxygens (including phenoxy) is 1. The van der Waals surface area contributed by atoms with E-state index in [1.807, 2.05) is 26.0 Å². The van der Waals surface area contributed by atoms with Crippen molar-refractivity contribution in [2.24, 2.45) is 0 Å². The Bertz CT molecular complexity index is 658. The fourth-order valence-corrected chi connectivity index (χ4v) is 2.55. The Kier molecular flexibility index (Phi) is 4.50. The van der Waals surface area contributed by atoms with E-state index in [1.54, 1.807) is 6.07 Å². The SMILES string of the molecule is Cc1cc(Oc2cc(Br)cc(C(=O)O)c2)cc(C)c1Br. The van der Waals surface area contributed by atoms with Gasteiger partial charge in [0.1, 0.15) is 11.5 Å². The number of carbonyl (C=O) groups is 1. The highest BCUT2D eigenvalue weighted by molar-refractivity contribution is 9.10. The predicted molar refractivity (Wildman–Crippen MR) is 84.8 cm³/mol. The molecule has 0 unspecified atom stereocenters. The van der Waals surface area contributed by atoms with Crippen LogP contribution >= 0.6 is 31.9 Å². The number of rotatable bonds is 3. The maximum Gasteiger partial charge on any atom is 0.335 e. The molecule has 0 spiro atoms. The molecule has 0 aliphatic heterocycles. The third-order valence-electron chi connectivity index (χ3n) is 2.76. The summed E-state index contributed by atoms with van der Waals surface area (Å²) in [7, 11) is 0. The second-order valence-corrected chi connectivity index (χ2v) is 6.16.